The molecular formula is C44H60ClN5O5. The smallest absolute Gasteiger partial charge is 0.242 e. The third-order valence-electron chi connectivity index (χ3n) is 9.94. The maximum absolute atomic E-state index is 14.5. The molecule has 10 nitrogen and oxygen atoms in total. The fraction of sp³-hybridized carbons (Fsp3) is 0.455. The molecule has 11 heteroatoms. The number of nitrogens with one attached hydrogen (secondary N) is 3. The van der Waals surface area contributed by atoms with E-state index < -0.39 is 47.9 Å². The van der Waals surface area contributed by atoms with Crippen LogP contribution in [0.3, 0.4) is 0 Å². The van der Waals surface area contributed by atoms with Gasteiger partial charge in [-0.15, -0.1) is 12.4 Å². The number of aliphatic hydroxyl groups is 1. The molecule has 4 atom stereocenters. The topological polar surface area (TPSA) is 177 Å². The van der Waals surface area contributed by atoms with Crippen LogP contribution in [0.5, 0.6) is 0 Å². The average molecular weight is 774 g/mol. The summed E-state index contributed by atoms with van der Waals surface area (Å²) in [6, 6.07) is 26.0. The summed E-state index contributed by atoms with van der Waals surface area (Å²) in [5.74, 6) is -2.20. The Morgan fingerprint density at radius 2 is 1.18 bits per heavy atom. The first kappa shape index (κ1) is 44.9. The van der Waals surface area contributed by atoms with E-state index in [2.05, 4.69) is 64.5 Å². The van der Waals surface area contributed by atoms with Gasteiger partial charge in [-0.2, -0.15) is 0 Å². The standard InChI is InChI=1S/C44H59N5O5.ClH/c1-28(2)23-38(40(50)27-41(51)47-37(42(46)52)21-9-10-22-45)48-44(54)39(24-29(3)4)49-43(53)34(25-32-17-11-15-30-13-5-7-19-35(30)32)26-33-18-12-16-31-14-6-8-20-36(31)33;/h5-8,11-20,28-29,34,37-40,50H,9-10,21-27,45H2,1-4H3,(H2,46,52)(H,47,51)(H,48,54)(H,49,53);1H/t37-,38-,39-,40-;/m0./s1. The van der Waals surface area contributed by atoms with Crippen molar-refractivity contribution in [1.82, 2.24) is 16.0 Å². The van der Waals surface area contributed by atoms with Crippen molar-refractivity contribution in [2.45, 2.75) is 103 Å². The highest BCUT2D eigenvalue weighted by atomic mass is 35.5. The third kappa shape index (κ3) is 13.6. The summed E-state index contributed by atoms with van der Waals surface area (Å²) in [4.78, 5) is 53.5. The van der Waals surface area contributed by atoms with Crippen LogP contribution < -0.4 is 27.4 Å². The molecule has 4 aromatic carbocycles. The van der Waals surface area contributed by atoms with E-state index in [4.69, 9.17) is 11.5 Å². The summed E-state index contributed by atoms with van der Waals surface area (Å²) in [6.07, 6.45) is 1.78. The molecular weight excluding hydrogens is 714 g/mol. The Balaban J connectivity index is 0.00000812. The maximum Gasteiger partial charge on any atom is 0.242 e. The van der Waals surface area contributed by atoms with Gasteiger partial charge in [-0.05, 0) is 96.0 Å². The van der Waals surface area contributed by atoms with Gasteiger partial charge < -0.3 is 32.5 Å². The van der Waals surface area contributed by atoms with Crippen molar-refractivity contribution in [3.05, 3.63) is 96.1 Å². The van der Waals surface area contributed by atoms with Gasteiger partial charge in [-0.25, -0.2) is 0 Å². The van der Waals surface area contributed by atoms with E-state index in [1.54, 1.807) is 0 Å². The van der Waals surface area contributed by atoms with Crippen LogP contribution in [0.4, 0.5) is 0 Å². The molecule has 0 saturated heterocycles. The van der Waals surface area contributed by atoms with Crippen LogP contribution in [0.25, 0.3) is 21.5 Å². The number of carbonyl (C=O) groups is 4. The summed E-state index contributed by atoms with van der Waals surface area (Å²) < 4.78 is 0. The molecule has 8 N–H and O–H groups in total. The van der Waals surface area contributed by atoms with E-state index in [-0.39, 0.29) is 36.6 Å². The van der Waals surface area contributed by atoms with Crippen molar-refractivity contribution in [3.63, 3.8) is 0 Å². The Kier molecular flexibility index (Phi) is 18.1. The van der Waals surface area contributed by atoms with Crippen LogP contribution in [0.1, 0.15) is 77.3 Å². The molecule has 0 saturated carbocycles. The zero-order valence-electron chi connectivity index (χ0n) is 32.6. The van der Waals surface area contributed by atoms with E-state index in [9.17, 15) is 24.3 Å². The molecule has 0 fully saturated rings. The van der Waals surface area contributed by atoms with Crippen molar-refractivity contribution in [3.8, 4) is 0 Å². The number of aliphatic hydroxyl groups excluding tert-OH is 1. The van der Waals surface area contributed by atoms with Gasteiger partial charge >= 0.3 is 0 Å². The molecule has 0 aromatic heterocycles. The van der Waals surface area contributed by atoms with Crippen molar-refractivity contribution < 1.29 is 24.3 Å². The summed E-state index contributed by atoms with van der Waals surface area (Å²) >= 11 is 0. The largest absolute Gasteiger partial charge is 0.390 e. The van der Waals surface area contributed by atoms with E-state index in [0.29, 0.717) is 51.5 Å². The first-order valence-corrected chi connectivity index (χ1v) is 19.4. The van der Waals surface area contributed by atoms with Gasteiger partial charge in [-0.1, -0.05) is 113 Å². The van der Waals surface area contributed by atoms with Gasteiger partial charge in [0.2, 0.25) is 23.6 Å². The number of rotatable bonds is 21. The fourth-order valence-corrected chi connectivity index (χ4v) is 7.19. The summed E-state index contributed by atoms with van der Waals surface area (Å²) in [5, 5.41) is 24.4. The molecule has 4 rings (SSSR count). The molecule has 0 aliphatic heterocycles. The Hall–Kier alpha value is -4.51. The molecule has 0 unspecified atom stereocenters. The molecule has 0 aliphatic carbocycles. The normalized spacial score (nSPS) is 13.6. The minimum Gasteiger partial charge on any atom is -0.390 e. The molecule has 4 aromatic rings. The molecule has 55 heavy (non-hydrogen) atoms. The van der Waals surface area contributed by atoms with Crippen molar-refractivity contribution in [1.29, 1.82) is 0 Å². The van der Waals surface area contributed by atoms with Crippen LogP contribution in [-0.2, 0) is 32.0 Å². The van der Waals surface area contributed by atoms with E-state index >= 15 is 0 Å². The fourth-order valence-electron chi connectivity index (χ4n) is 7.19. The zero-order valence-corrected chi connectivity index (χ0v) is 33.4. The number of nitrogens with two attached hydrogens (primary N) is 2. The summed E-state index contributed by atoms with van der Waals surface area (Å²) in [5.41, 5.74) is 13.2. The van der Waals surface area contributed by atoms with Gasteiger partial charge in [0.15, 0.2) is 0 Å². The molecule has 0 heterocycles. The number of fused-ring (bicyclic) bond motifs is 2. The number of primary amides is 1. The lowest BCUT2D eigenvalue weighted by atomic mass is 9.87. The van der Waals surface area contributed by atoms with Gasteiger partial charge in [0, 0.05) is 5.92 Å². The Morgan fingerprint density at radius 3 is 1.69 bits per heavy atom. The molecule has 0 radical (unpaired) electrons. The van der Waals surface area contributed by atoms with Crippen LogP contribution >= 0.6 is 12.4 Å². The minimum atomic E-state index is -1.24. The quantitative estimate of drug-likeness (QED) is 0.0590. The second-order valence-electron chi connectivity index (χ2n) is 15.4. The molecule has 4 amide bonds. The highest BCUT2D eigenvalue weighted by molar-refractivity contribution is 5.91. The number of hydrogen-bond acceptors (Lipinski definition) is 6. The minimum absolute atomic E-state index is 0. The maximum atomic E-state index is 14.5. The number of halogens is 1. The highest BCUT2D eigenvalue weighted by Crippen LogP contribution is 2.27. The lowest BCUT2D eigenvalue weighted by Gasteiger charge is -2.29. The molecule has 0 aliphatic rings. The molecule has 0 bridgehead atoms. The molecule has 0 spiro atoms. The third-order valence-corrected chi connectivity index (χ3v) is 9.94. The number of amides is 4. The number of hydrogen-bond donors (Lipinski definition) is 6. The molecule has 298 valence electrons. The van der Waals surface area contributed by atoms with Crippen molar-refractivity contribution >= 4 is 57.6 Å². The lowest BCUT2D eigenvalue weighted by Crippen LogP contribution is -2.55. The Bertz CT molecular complexity index is 1780. The van der Waals surface area contributed by atoms with E-state index in [1.165, 1.54) is 0 Å². The van der Waals surface area contributed by atoms with Crippen molar-refractivity contribution in [2.75, 3.05) is 6.54 Å². The van der Waals surface area contributed by atoms with E-state index in [0.717, 1.165) is 32.7 Å². The lowest BCUT2D eigenvalue weighted by molar-refractivity contribution is -0.133. The van der Waals surface area contributed by atoms with Crippen LogP contribution in [-0.4, -0.2) is 59.5 Å². The second-order valence-corrected chi connectivity index (χ2v) is 15.4. The number of carbonyl (C=O) groups excluding carboxylic acids is 4. The summed E-state index contributed by atoms with van der Waals surface area (Å²) in [6.45, 7) is 8.37. The second kappa shape index (κ2) is 22.1. The Labute approximate surface area is 332 Å². The first-order valence-electron chi connectivity index (χ1n) is 19.4. The van der Waals surface area contributed by atoms with Crippen LogP contribution in [0, 0.1) is 17.8 Å². The van der Waals surface area contributed by atoms with Crippen molar-refractivity contribution in [2.24, 2.45) is 29.2 Å². The Morgan fingerprint density at radius 1 is 0.655 bits per heavy atom. The number of unbranched alkanes of at least 4 members (excludes halogenated alkanes) is 1. The van der Waals surface area contributed by atoms with E-state index in [1.807, 2.05) is 64.1 Å². The number of benzene rings is 4. The van der Waals surface area contributed by atoms with Gasteiger partial charge in [-0.3, -0.25) is 19.2 Å². The van der Waals surface area contributed by atoms with Gasteiger partial charge in [0.05, 0.1) is 18.6 Å². The first-order chi connectivity index (χ1) is 25.9. The van der Waals surface area contributed by atoms with Crippen LogP contribution in [0.15, 0.2) is 84.9 Å². The average Bonchev–Trinajstić information content (AvgIpc) is 3.13. The van der Waals surface area contributed by atoms with Crippen LogP contribution in [0.2, 0.25) is 0 Å². The highest BCUT2D eigenvalue weighted by Gasteiger charge is 2.32. The predicted molar refractivity (Wildman–Crippen MR) is 223 cm³/mol. The van der Waals surface area contributed by atoms with Gasteiger partial charge in [0.1, 0.15) is 12.1 Å². The predicted octanol–water partition coefficient (Wildman–Crippen LogP) is 5.73. The zero-order chi connectivity index (χ0) is 39.2. The SMILES string of the molecule is CC(C)C[C@H](NC(=O)C(Cc1cccc2ccccc12)Cc1cccc2ccccc12)C(=O)N[C@@H](CC(C)C)[C@@H](O)CC(=O)N[C@@H](CCCCN)C(N)=O.Cl. The monoisotopic (exact) mass is 773 g/mol. The van der Waals surface area contributed by atoms with Gasteiger partial charge in [0.25, 0.3) is 0 Å². The summed E-state index contributed by atoms with van der Waals surface area (Å²) in [7, 11) is 0.